The van der Waals surface area contributed by atoms with Crippen LogP contribution in [0.25, 0.3) is 22.6 Å². The second-order valence-corrected chi connectivity index (χ2v) is 11.6. The lowest BCUT2D eigenvalue weighted by molar-refractivity contribution is 0.386. The first-order valence-electron chi connectivity index (χ1n) is 11.6. The Hall–Kier alpha value is -3.86. The molecule has 1 saturated carbocycles. The first kappa shape index (κ1) is 23.9. The molecule has 36 heavy (non-hydrogen) atoms. The van der Waals surface area contributed by atoms with Crippen LogP contribution in [0.1, 0.15) is 31.2 Å². The molecule has 0 aliphatic heterocycles. The predicted molar refractivity (Wildman–Crippen MR) is 137 cm³/mol. The van der Waals surface area contributed by atoms with Crippen LogP contribution < -0.4 is 11.1 Å². The van der Waals surface area contributed by atoms with Gasteiger partial charge in [-0.15, -0.1) is 0 Å². The van der Waals surface area contributed by atoms with Crippen molar-refractivity contribution in [3.05, 3.63) is 66.4 Å². The van der Waals surface area contributed by atoms with Gasteiger partial charge in [0.1, 0.15) is 15.7 Å². The molecule has 4 aromatic rings. The van der Waals surface area contributed by atoms with E-state index >= 15 is 0 Å². The highest BCUT2D eigenvalue weighted by Crippen LogP contribution is 2.50. The third-order valence-corrected chi connectivity index (χ3v) is 7.51. The lowest BCUT2D eigenvalue weighted by atomic mass is 9.76. The molecule has 0 radical (unpaired) electrons. The van der Waals surface area contributed by atoms with Gasteiger partial charge in [-0.1, -0.05) is 29.4 Å². The van der Waals surface area contributed by atoms with Crippen LogP contribution in [0, 0.1) is 5.92 Å². The van der Waals surface area contributed by atoms with Crippen molar-refractivity contribution >= 4 is 21.6 Å². The van der Waals surface area contributed by atoms with Crippen molar-refractivity contribution in [1.29, 1.82) is 0 Å². The van der Waals surface area contributed by atoms with Crippen LogP contribution in [0.5, 0.6) is 0 Å². The molecule has 11 heteroatoms. The third-order valence-electron chi connectivity index (χ3n) is 6.56. The van der Waals surface area contributed by atoms with Gasteiger partial charge in [0.2, 0.25) is 5.95 Å². The van der Waals surface area contributed by atoms with E-state index in [0.717, 1.165) is 29.5 Å². The van der Waals surface area contributed by atoms with Crippen LogP contribution in [-0.4, -0.2) is 52.1 Å². The summed E-state index contributed by atoms with van der Waals surface area (Å²) in [4.78, 5) is 17.2. The van der Waals surface area contributed by atoms with Crippen molar-refractivity contribution < 1.29 is 12.9 Å². The summed E-state index contributed by atoms with van der Waals surface area (Å²) in [5, 5.41) is 7.36. The topological polar surface area (TPSA) is 150 Å². The Morgan fingerprint density at radius 2 is 1.67 bits per heavy atom. The minimum absolute atomic E-state index is 0.0396. The highest BCUT2D eigenvalue weighted by molar-refractivity contribution is 7.90. The molecule has 0 bridgehead atoms. The van der Waals surface area contributed by atoms with E-state index in [1.54, 1.807) is 24.7 Å². The van der Waals surface area contributed by atoms with E-state index in [4.69, 9.17) is 15.2 Å². The normalized spacial score (nSPS) is 15.4. The molecule has 3 aromatic heterocycles. The number of rotatable bonds is 9. The van der Waals surface area contributed by atoms with E-state index in [0.29, 0.717) is 35.6 Å². The summed E-state index contributed by atoms with van der Waals surface area (Å²) in [5.74, 6) is 2.32. The van der Waals surface area contributed by atoms with Crippen LogP contribution in [-0.2, 0) is 15.3 Å². The maximum atomic E-state index is 11.3. The molecule has 5 rings (SSSR count). The monoisotopic (exact) mass is 505 g/mol. The average Bonchev–Trinajstić information content (AvgIpc) is 3.61. The second kappa shape index (κ2) is 9.30. The number of benzene rings is 1. The van der Waals surface area contributed by atoms with Crippen molar-refractivity contribution in [2.24, 2.45) is 5.92 Å². The van der Waals surface area contributed by atoms with Gasteiger partial charge in [-0.2, -0.15) is 4.98 Å². The summed E-state index contributed by atoms with van der Waals surface area (Å²) >= 11 is 0. The predicted octanol–water partition coefficient (Wildman–Crippen LogP) is 3.34. The molecule has 1 aliphatic rings. The van der Waals surface area contributed by atoms with Gasteiger partial charge in [-0.3, -0.25) is 0 Å². The zero-order valence-electron chi connectivity index (χ0n) is 20.0. The van der Waals surface area contributed by atoms with Crippen molar-refractivity contribution in [3.8, 4) is 22.6 Å². The Morgan fingerprint density at radius 3 is 2.28 bits per heavy atom. The smallest absolute Gasteiger partial charge is 0.259 e. The molecule has 0 saturated heterocycles. The summed E-state index contributed by atoms with van der Waals surface area (Å²) in [6, 6.07) is 11.9. The van der Waals surface area contributed by atoms with Crippen molar-refractivity contribution in [2.75, 3.05) is 29.6 Å². The van der Waals surface area contributed by atoms with Gasteiger partial charge in [-0.25, -0.2) is 23.4 Å². The highest BCUT2D eigenvalue weighted by atomic mass is 32.2. The number of sulfone groups is 1. The summed E-state index contributed by atoms with van der Waals surface area (Å²) in [5.41, 5.74) is 8.92. The summed E-state index contributed by atoms with van der Waals surface area (Å²) in [6.07, 6.45) is 8.47. The standard InChI is InChI=1S/C25H27N7O3S/c1-25(20-8-9-20,19-6-3-16(4-7-19)18-14-29-24(26)30-15-18)23-31-22(35-32-23)17-5-10-21(28-13-17)27-11-12-36(2,33)34/h3-7,10,13-15,20H,8-9,11-12H2,1-2H3,(H,27,28)(H2,26,29,30). The minimum Gasteiger partial charge on any atom is -0.369 e. The van der Waals surface area contributed by atoms with Crippen LogP contribution >= 0.6 is 0 Å². The average molecular weight is 506 g/mol. The number of nitrogens with one attached hydrogen (secondary N) is 1. The fraction of sp³-hybridized carbons (Fsp3) is 0.320. The number of aromatic nitrogens is 5. The zero-order chi connectivity index (χ0) is 25.3. The Balaban J connectivity index is 1.36. The number of nitrogens with two attached hydrogens (primary N) is 1. The van der Waals surface area contributed by atoms with Gasteiger partial charge in [0.25, 0.3) is 5.89 Å². The molecule has 1 atom stereocenters. The Labute approximate surface area is 209 Å². The number of hydrogen-bond donors (Lipinski definition) is 2. The SMILES string of the molecule is CC(c1ccc(-c2cnc(N)nc2)cc1)(c1noc(-c2ccc(NCCS(C)(=O)=O)nc2)n1)C1CC1. The number of nitrogens with zero attached hydrogens (tertiary/aromatic N) is 5. The number of anilines is 2. The zero-order valence-corrected chi connectivity index (χ0v) is 20.9. The van der Waals surface area contributed by atoms with Gasteiger partial charge in [0, 0.05) is 37.0 Å². The number of nitrogen functional groups attached to an aromatic ring is 1. The van der Waals surface area contributed by atoms with E-state index in [1.165, 1.54) is 6.26 Å². The maximum absolute atomic E-state index is 11.3. The molecule has 3 N–H and O–H groups in total. The van der Waals surface area contributed by atoms with E-state index in [-0.39, 0.29) is 11.7 Å². The molecule has 186 valence electrons. The first-order chi connectivity index (χ1) is 17.2. The van der Waals surface area contributed by atoms with Gasteiger partial charge in [0.05, 0.1) is 16.7 Å². The summed E-state index contributed by atoms with van der Waals surface area (Å²) < 4.78 is 28.2. The fourth-order valence-corrected chi connectivity index (χ4v) is 4.72. The maximum Gasteiger partial charge on any atom is 0.259 e. The molecule has 1 fully saturated rings. The molecule has 1 unspecified atom stereocenters. The Kier molecular flexibility index (Phi) is 6.17. The molecule has 3 heterocycles. The molecule has 10 nitrogen and oxygen atoms in total. The number of hydrogen-bond acceptors (Lipinski definition) is 10. The van der Waals surface area contributed by atoms with Crippen LogP contribution in [0.2, 0.25) is 0 Å². The van der Waals surface area contributed by atoms with Crippen LogP contribution in [0.15, 0.2) is 59.5 Å². The first-order valence-corrected chi connectivity index (χ1v) is 13.7. The molecule has 0 amide bonds. The largest absolute Gasteiger partial charge is 0.369 e. The lowest BCUT2D eigenvalue weighted by Gasteiger charge is -2.27. The Bertz CT molecular complexity index is 1450. The van der Waals surface area contributed by atoms with Gasteiger partial charge in [-0.05, 0) is 48.9 Å². The third kappa shape index (κ3) is 5.06. The van der Waals surface area contributed by atoms with Gasteiger partial charge < -0.3 is 15.6 Å². The molecular formula is C25H27N7O3S. The number of pyridine rings is 1. The lowest BCUT2D eigenvalue weighted by Crippen LogP contribution is -2.28. The quantitative estimate of drug-likeness (QED) is 0.347. The van der Waals surface area contributed by atoms with Crippen LogP contribution in [0.4, 0.5) is 11.8 Å². The van der Waals surface area contributed by atoms with E-state index in [2.05, 4.69) is 44.5 Å². The molecule has 1 aliphatic carbocycles. The molecule has 1 aromatic carbocycles. The van der Waals surface area contributed by atoms with Crippen molar-refractivity contribution in [3.63, 3.8) is 0 Å². The van der Waals surface area contributed by atoms with E-state index in [9.17, 15) is 8.42 Å². The Morgan fingerprint density at radius 1 is 1.00 bits per heavy atom. The minimum atomic E-state index is -3.03. The fourth-order valence-electron chi connectivity index (χ4n) is 4.25. The molecular weight excluding hydrogens is 478 g/mol. The summed E-state index contributed by atoms with van der Waals surface area (Å²) in [6.45, 7) is 2.45. The van der Waals surface area contributed by atoms with E-state index < -0.39 is 15.3 Å². The van der Waals surface area contributed by atoms with Crippen molar-refractivity contribution in [1.82, 2.24) is 25.1 Å². The summed E-state index contributed by atoms with van der Waals surface area (Å²) in [7, 11) is -3.03. The molecule has 0 spiro atoms. The van der Waals surface area contributed by atoms with E-state index in [1.807, 2.05) is 18.2 Å². The van der Waals surface area contributed by atoms with Gasteiger partial charge in [0.15, 0.2) is 5.82 Å². The highest BCUT2D eigenvalue weighted by Gasteiger charge is 2.47. The van der Waals surface area contributed by atoms with Crippen molar-refractivity contribution in [2.45, 2.75) is 25.2 Å². The second-order valence-electron chi connectivity index (χ2n) is 9.30. The van der Waals surface area contributed by atoms with Gasteiger partial charge >= 0.3 is 0 Å². The van der Waals surface area contributed by atoms with Crippen LogP contribution in [0.3, 0.4) is 0 Å².